The van der Waals surface area contributed by atoms with Crippen LogP contribution in [0.4, 0.5) is 10.2 Å². The molecule has 1 amide bonds. The predicted octanol–water partition coefficient (Wildman–Crippen LogP) is 4.36. The molecule has 0 spiro atoms. The Morgan fingerprint density at radius 3 is 2.66 bits per heavy atom. The van der Waals surface area contributed by atoms with Crippen LogP contribution in [0.25, 0.3) is 0 Å². The van der Waals surface area contributed by atoms with Gasteiger partial charge in [0.25, 0.3) is 0 Å². The second-order valence-corrected chi connectivity index (χ2v) is 8.99. The quantitative estimate of drug-likeness (QED) is 0.778. The number of nitrogens with zero attached hydrogens (tertiary/aromatic N) is 3. The molecule has 5 rings (SSSR count). The highest BCUT2D eigenvalue weighted by atomic mass is 19.1. The minimum atomic E-state index is -0.228. The molecule has 0 radical (unpaired) electrons. The lowest BCUT2D eigenvalue weighted by atomic mass is 9.89. The maximum atomic E-state index is 14.0. The Bertz CT molecular complexity index is 893. The van der Waals surface area contributed by atoms with Crippen molar-refractivity contribution >= 4 is 11.7 Å². The summed E-state index contributed by atoms with van der Waals surface area (Å²) in [5, 5.41) is 0. The highest BCUT2D eigenvalue weighted by Crippen LogP contribution is 2.47. The third-order valence-corrected chi connectivity index (χ3v) is 7.06. The third-order valence-electron chi connectivity index (χ3n) is 7.06. The van der Waals surface area contributed by atoms with Crippen molar-refractivity contribution in [2.45, 2.75) is 38.6 Å². The van der Waals surface area contributed by atoms with Gasteiger partial charge < -0.3 is 9.80 Å². The second-order valence-electron chi connectivity index (χ2n) is 8.99. The number of aryl methyl sites for hydroxylation is 1. The molecule has 1 aliphatic carbocycles. The van der Waals surface area contributed by atoms with E-state index in [1.54, 1.807) is 12.1 Å². The molecule has 1 saturated carbocycles. The van der Waals surface area contributed by atoms with Crippen molar-refractivity contribution in [1.29, 1.82) is 0 Å². The first-order valence-corrected chi connectivity index (χ1v) is 10.8. The van der Waals surface area contributed by atoms with Gasteiger partial charge in [-0.2, -0.15) is 0 Å². The Kier molecular flexibility index (Phi) is 4.76. The van der Waals surface area contributed by atoms with E-state index >= 15 is 0 Å². The molecular formula is C24H28FN3O. The van der Waals surface area contributed by atoms with E-state index in [0.717, 1.165) is 62.3 Å². The van der Waals surface area contributed by atoms with Gasteiger partial charge in [0.15, 0.2) is 0 Å². The molecule has 3 heterocycles. The molecule has 1 aromatic heterocycles. The third kappa shape index (κ3) is 3.41. The molecule has 3 aliphatic rings. The summed E-state index contributed by atoms with van der Waals surface area (Å²) in [7, 11) is 0. The second kappa shape index (κ2) is 7.43. The van der Waals surface area contributed by atoms with Gasteiger partial charge in [-0.15, -0.1) is 0 Å². The van der Waals surface area contributed by atoms with Crippen molar-refractivity contribution in [3.05, 3.63) is 59.5 Å². The van der Waals surface area contributed by atoms with Gasteiger partial charge in [-0.25, -0.2) is 9.37 Å². The van der Waals surface area contributed by atoms with Crippen LogP contribution in [0.2, 0.25) is 0 Å². The number of amides is 1. The molecule has 3 atom stereocenters. The lowest BCUT2D eigenvalue weighted by molar-refractivity contribution is -0.136. The first-order valence-electron chi connectivity index (χ1n) is 10.8. The maximum absolute atomic E-state index is 14.0. The van der Waals surface area contributed by atoms with E-state index in [9.17, 15) is 9.18 Å². The topological polar surface area (TPSA) is 36.4 Å². The monoisotopic (exact) mass is 393 g/mol. The number of benzene rings is 1. The van der Waals surface area contributed by atoms with E-state index < -0.39 is 0 Å². The summed E-state index contributed by atoms with van der Waals surface area (Å²) in [5.41, 5.74) is 2.08. The van der Waals surface area contributed by atoms with Crippen molar-refractivity contribution in [1.82, 2.24) is 9.88 Å². The van der Waals surface area contributed by atoms with Gasteiger partial charge in [0.1, 0.15) is 11.6 Å². The van der Waals surface area contributed by atoms with Crippen molar-refractivity contribution in [2.75, 3.05) is 24.5 Å². The number of rotatable bonds is 3. The highest BCUT2D eigenvalue weighted by Gasteiger charge is 2.50. The Morgan fingerprint density at radius 2 is 1.93 bits per heavy atom. The number of halogens is 1. The van der Waals surface area contributed by atoms with Crippen LogP contribution in [-0.2, 0) is 4.79 Å². The molecule has 29 heavy (non-hydrogen) atoms. The van der Waals surface area contributed by atoms with Gasteiger partial charge in [-0.1, -0.05) is 31.0 Å². The van der Waals surface area contributed by atoms with Crippen LogP contribution in [-0.4, -0.2) is 35.4 Å². The summed E-state index contributed by atoms with van der Waals surface area (Å²) in [4.78, 5) is 22.4. The summed E-state index contributed by atoms with van der Waals surface area (Å²) >= 11 is 0. The number of aromatic nitrogens is 1. The zero-order valence-electron chi connectivity index (χ0n) is 16.9. The van der Waals surface area contributed by atoms with E-state index in [0.29, 0.717) is 11.8 Å². The number of fused-ring (bicyclic) bond motifs is 1. The van der Waals surface area contributed by atoms with E-state index in [4.69, 9.17) is 0 Å². The summed E-state index contributed by atoms with van der Waals surface area (Å²) in [6.45, 7) is 4.57. The fraction of sp³-hybridized carbons (Fsp3) is 0.500. The fourth-order valence-electron chi connectivity index (χ4n) is 5.63. The predicted molar refractivity (Wildman–Crippen MR) is 111 cm³/mol. The summed E-state index contributed by atoms with van der Waals surface area (Å²) < 4.78 is 14.0. The SMILES string of the molecule is Cc1ccc(N2C[C@H]3CN(C(=O)C4CCCC4)[C@H](c4cccc(F)c4)[C@H]3C2)nc1. The van der Waals surface area contributed by atoms with Gasteiger partial charge in [0.2, 0.25) is 5.91 Å². The van der Waals surface area contributed by atoms with E-state index in [-0.39, 0.29) is 23.7 Å². The van der Waals surface area contributed by atoms with Crippen molar-refractivity contribution in [3.63, 3.8) is 0 Å². The molecule has 152 valence electrons. The average Bonchev–Trinajstić information content (AvgIpc) is 3.44. The standard InChI is InChI=1S/C24H28FN3O/c1-16-9-10-22(26-12-16)27-13-19-14-28(24(29)17-5-2-3-6-17)23(21(19)15-27)18-7-4-8-20(25)11-18/h4,7-12,17,19,21,23H,2-3,5-6,13-15H2,1H3/t19-,21-,23+/m0/s1. The zero-order chi connectivity index (χ0) is 20.0. The Hall–Kier alpha value is -2.43. The minimum Gasteiger partial charge on any atom is -0.356 e. The number of hydrogen-bond acceptors (Lipinski definition) is 3. The van der Waals surface area contributed by atoms with Crippen LogP contribution in [0.5, 0.6) is 0 Å². The van der Waals surface area contributed by atoms with Crippen LogP contribution in [0.3, 0.4) is 0 Å². The first kappa shape index (κ1) is 18.6. The molecule has 2 saturated heterocycles. The Labute approximate surface area is 171 Å². The number of pyridine rings is 1. The van der Waals surface area contributed by atoms with Gasteiger partial charge >= 0.3 is 0 Å². The zero-order valence-corrected chi connectivity index (χ0v) is 16.9. The summed E-state index contributed by atoms with van der Waals surface area (Å²) in [5.74, 6) is 1.92. The molecule has 4 nitrogen and oxygen atoms in total. The number of carbonyl (C=O) groups is 1. The molecular weight excluding hydrogens is 365 g/mol. The van der Waals surface area contributed by atoms with E-state index in [1.165, 1.54) is 6.07 Å². The maximum Gasteiger partial charge on any atom is 0.226 e. The molecule has 0 bridgehead atoms. The summed E-state index contributed by atoms with van der Waals surface area (Å²) in [6.07, 6.45) is 6.20. The first-order chi connectivity index (χ1) is 14.1. The largest absolute Gasteiger partial charge is 0.356 e. The van der Waals surface area contributed by atoms with Gasteiger partial charge in [0, 0.05) is 43.6 Å². The van der Waals surface area contributed by atoms with Gasteiger partial charge in [0.05, 0.1) is 6.04 Å². The van der Waals surface area contributed by atoms with Crippen molar-refractivity contribution < 1.29 is 9.18 Å². The van der Waals surface area contributed by atoms with E-state index in [2.05, 4.69) is 26.9 Å². The van der Waals surface area contributed by atoms with Gasteiger partial charge in [-0.05, 0) is 49.1 Å². The lowest BCUT2D eigenvalue weighted by Crippen LogP contribution is -2.38. The van der Waals surface area contributed by atoms with Crippen LogP contribution in [0.1, 0.15) is 42.9 Å². The van der Waals surface area contributed by atoms with Crippen LogP contribution in [0.15, 0.2) is 42.6 Å². The molecule has 1 aromatic carbocycles. The van der Waals surface area contributed by atoms with Crippen LogP contribution >= 0.6 is 0 Å². The minimum absolute atomic E-state index is 0.0424. The van der Waals surface area contributed by atoms with Gasteiger partial charge in [-0.3, -0.25) is 4.79 Å². The Morgan fingerprint density at radius 1 is 1.10 bits per heavy atom. The molecule has 5 heteroatoms. The highest BCUT2D eigenvalue weighted by molar-refractivity contribution is 5.80. The molecule has 0 unspecified atom stereocenters. The van der Waals surface area contributed by atoms with Crippen LogP contribution < -0.4 is 4.90 Å². The van der Waals surface area contributed by atoms with Crippen LogP contribution in [0, 0.1) is 30.5 Å². The number of likely N-dealkylation sites (tertiary alicyclic amines) is 1. The normalized spacial score (nSPS) is 26.9. The van der Waals surface area contributed by atoms with Crippen molar-refractivity contribution in [2.24, 2.45) is 17.8 Å². The molecule has 0 N–H and O–H groups in total. The number of anilines is 1. The summed E-state index contributed by atoms with van der Waals surface area (Å²) in [6, 6.07) is 11.0. The number of carbonyl (C=O) groups excluding carboxylic acids is 1. The average molecular weight is 394 g/mol. The molecule has 3 fully saturated rings. The Balaban J connectivity index is 1.44. The number of hydrogen-bond donors (Lipinski definition) is 0. The fourth-order valence-corrected chi connectivity index (χ4v) is 5.63. The lowest BCUT2D eigenvalue weighted by Gasteiger charge is -2.32. The van der Waals surface area contributed by atoms with Crippen molar-refractivity contribution in [3.8, 4) is 0 Å². The molecule has 2 aromatic rings. The molecule has 2 aliphatic heterocycles. The van der Waals surface area contributed by atoms with E-state index in [1.807, 2.05) is 19.2 Å². The smallest absolute Gasteiger partial charge is 0.226 e.